The molecule has 0 aliphatic carbocycles. The van der Waals surface area contributed by atoms with Crippen molar-refractivity contribution in [2.45, 2.75) is 45.1 Å². The Bertz CT molecular complexity index is 1080. The molecule has 6 nitrogen and oxygen atoms in total. The summed E-state index contributed by atoms with van der Waals surface area (Å²) < 4.78 is 42.9. The van der Waals surface area contributed by atoms with Crippen LogP contribution in [0.5, 0.6) is 0 Å². The van der Waals surface area contributed by atoms with Crippen molar-refractivity contribution in [3.63, 3.8) is 0 Å². The molecular formula is C19H20ClF3N6. The Labute approximate surface area is 170 Å². The minimum atomic E-state index is -2.77. The summed E-state index contributed by atoms with van der Waals surface area (Å²) in [6, 6.07) is 4.52. The second-order valence-electron chi connectivity index (χ2n) is 8.28. The van der Waals surface area contributed by atoms with E-state index < -0.39 is 23.7 Å². The lowest BCUT2D eigenvalue weighted by Gasteiger charge is -2.22. The molecule has 0 N–H and O–H groups in total. The number of alkyl halides is 2. The predicted molar refractivity (Wildman–Crippen MR) is 104 cm³/mol. The lowest BCUT2D eigenvalue weighted by Crippen LogP contribution is -2.27. The normalized spacial score (nSPS) is 16.7. The molecule has 0 amide bonds. The molecular weight excluding hydrogens is 405 g/mol. The molecule has 1 aromatic carbocycles. The molecule has 3 aromatic rings. The molecule has 10 heteroatoms. The van der Waals surface area contributed by atoms with Crippen LogP contribution >= 0.6 is 11.6 Å². The van der Waals surface area contributed by atoms with Crippen molar-refractivity contribution in [1.82, 2.24) is 25.0 Å². The first kappa shape index (κ1) is 19.9. The van der Waals surface area contributed by atoms with Crippen molar-refractivity contribution >= 4 is 28.6 Å². The van der Waals surface area contributed by atoms with Gasteiger partial charge in [0, 0.05) is 18.4 Å². The third-order valence-corrected chi connectivity index (χ3v) is 5.26. The highest BCUT2D eigenvalue weighted by molar-refractivity contribution is 6.31. The predicted octanol–water partition coefficient (Wildman–Crippen LogP) is 4.21. The lowest BCUT2D eigenvalue weighted by molar-refractivity contribution is 0.0257. The fraction of sp³-hybridized carbons (Fsp3) is 0.474. The lowest BCUT2D eigenvalue weighted by atomic mass is 9.96. The van der Waals surface area contributed by atoms with Gasteiger partial charge in [-0.3, -0.25) is 0 Å². The molecule has 1 saturated heterocycles. The third kappa shape index (κ3) is 3.75. The van der Waals surface area contributed by atoms with Crippen LogP contribution in [-0.4, -0.2) is 44.0 Å². The standard InChI is InChI=1S/C19H20ClF3N6/c1-18(2,3)17-24-15(28-8-7-19(22,23)10-28)14-16(25-17)29(27-26-14)9-11-5-4-6-12(21)13(11)20/h4-6H,7-10H2,1-3H3. The Kier molecular flexibility index (Phi) is 4.68. The Balaban J connectivity index is 1.84. The van der Waals surface area contributed by atoms with Crippen LogP contribution < -0.4 is 4.90 Å². The van der Waals surface area contributed by atoms with Crippen molar-refractivity contribution in [1.29, 1.82) is 0 Å². The summed E-state index contributed by atoms with van der Waals surface area (Å²) >= 11 is 6.07. The van der Waals surface area contributed by atoms with Gasteiger partial charge in [0.25, 0.3) is 5.92 Å². The largest absolute Gasteiger partial charge is 0.348 e. The quantitative estimate of drug-likeness (QED) is 0.630. The SMILES string of the molecule is CC(C)(C)c1nc(N2CCC(F)(F)C2)c2nnn(Cc3cccc(F)c3Cl)c2n1. The first-order valence-electron chi connectivity index (χ1n) is 9.22. The summed E-state index contributed by atoms with van der Waals surface area (Å²) in [5.74, 6) is -2.47. The van der Waals surface area contributed by atoms with Crippen molar-refractivity contribution in [2.24, 2.45) is 0 Å². The van der Waals surface area contributed by atoms with Crippen molar-refractivity contribution in [3.05, 3.63) is 40.4 Å². The van der Waals surface area contributed by atoms with Crippen LogP contribution in [0.15, 0.2) is 18.2 Å². The smallest absolute Gasteiger partial charge is 0.266 e. The topological polar surface area (TPSA) is 59.7 Å². The summed E-state index contributed by atoms with van der Waals surface area (Å²) in [4.78, 5) is 10.7. The minimum Gasteiger partial charge on any atom is -0.348 e. The summed E-state index contributed by atoms with van der Waals surface area (Å²) in [6.45, 7) is 5.70. The summed E-state index contributed by atoms with van der Waals surface area (Å²) in [6.07, 6.45) is -0.240. The Morgan fingerprint density at radius 3 is 2.62 bits per heavy atom. The zero-order valence-corrected chi connectivity index (χ0v) is 17.0. The molecule has 0 radical (unpaired) electrons. The van der Waals surface area contributed by atoms with Gasteiger partial charge in [-0.25, -0.2) is 27.8 Å². The monoisotopic (exact) mass is 424 g/mol. The van der Waals surface area contributed by atoms with Crippen LogP contribution in [0.4, 0.5) is 19.0 Å². The zero-order valence-electron chi connectivity index (χ0n) is 16.3. The van der Waals surface area contributed by atoms with Gasteiger partial charge in [0.1, 0.15) is 11.6 Å². The second kappa shape index (κ2) is 6.83. The van der Waals surface area contributed by atoms with Gasteiger partial charge in [-0.15, -0.1) is 5.10 Å². The van der Waals surface area contributed by atoms with E-state index in [9.17, 15) is 13.2 Å². The van der Waals surface area contributed by atoms with Gasteiger partial charge in [0.15, 0.2) is 17.0 Å². The number of aromatic nitrogens is 5. The fourth-order valence-electron chi connectivity index (χ4n) is 3.25. The molecule has 154 valence electrons. The van der Waals surface area contributed by atoms with Crippen molar-refractivity contribution in [2.75, 3.05) is 18.0 Å². The number of rotatable bonds is 3. The van der Waals surface area contributed by atoms with Crippen molar-refractivity contribution in [3.8, 4) is 0 Å². The number of nitrogens with zero attached hydrogens (tertiary/aromatic N) is 6. The van der Waals surface area contributed by atoms with Gasteiger partial charge >= 0.3 is 0 Å². The second-order valence-corrected chi connectivity index (χ2v) is 8.66. The molecule has 2 aromatic heterocycles. The van der Waals surface area contributed by atoms with E-state index in [1.165, 1.54) is 15.6 Å². The Hall–Kier alpha value is -2.42. The highest BCUT2D eigenvalue weighted by Gasteiger charge is 2.40. The molecule has 29 heavy (non-hydrogen) atoms. The van der Waals surface area contributed by atoms with E-state index in [0.29, 0.717) is 28.4 Å². The summed E-state index contributed by atoms with van der Waals surface area (Å²) in [5, 5.41) is 8.27. The highest BCUT2D eigenvalue weighted by atomic mass is 35.5. The highest BCUT2D eigenvalue weighted by Crippen LogP contribution is 2.34. The Morgan fingerprint density at radius 1 is 1.21 bits per heavy atom. The van der Waals surface area contributed by atoms with Crippen LogP contribution in [0.1, 0.15) is 38.6 Å². The third-order valence-electron chi connectivity index (χ3n) is 4.84. The van der Waals surface area contributed by atoms with Crippen LogP contribution in [0, 0.1) is 5.82 Å². The van der Waals surface area contributed by atoms with Crippen LogP contribution in [0.2, 0.25) is 5.02 Å². The summed E-state index contributed by atoms with van der Waals surface area (Å²) in [5.41, 5.74) is 0.832. The van der Waals surface area contributed by atoms with Gasteiger partial charge in [-0.05, 0) is 11.6 Å². The Morgan fingerprint density at radius 2 is 1.97 bits per heavy atom. The summed E-state index contributed by atoms with van der Waals surface area (Å²) in [7, 11) is 0. The van der Waals surface area contributed by atoms with E-state index >= 15 is 0 Å². The number of hydrogen-bond acceptors (Lipinski definition) is 5. The van der Waals surface area contributed by atoms with E-state index in [1.54, 1.807) is 12.1 Å². The number of fused-ring (bicyclic) bond motifs is 1. The van der Waals surface area contributed by atoms with Gasteiger partial charge in [0.05, 0.1) is 18.1 Å². The maximum Gasteiger partial charge on any atom is 0.266 e. The first-order chi connectivity index (χ1) is 13.5. The van der Waals surface area contributed by atoms with Gasteiger partial charge in [-0.2, -0.15) is 0 Å². The molecule has 1 fully saturated rings. The first-order valence-corrected chi connectivity index (χ1v) is 9.60. The van der Waals surface area contributed by atoms with E-state index in [0.717, 1.165) is 0 Å². The van der Waals surface area contributed by atoms with Crippen LogP contribution in [-0.2, 0) is 12.0 Å². The molecule has 0 saturated carbocycles. The molecule has 0 unspecified atom stereocenters. The van der Waals surface area contributed by atoms with Crippen molar-refractivity contribution < 1.29 is 13.2 Å². The van der Waals surface area contributed by atoms with E-state index in [-0.39, 0.29) is 24.5 Å². The molecule has 4 rings (SSSR count). The van der Waals surface area contributed by atoms with Gasteiger partial charge < -0.3 is 4.90 Å². The van der Waals surface area contributed by atoms with Gasteiger partial charge in [0.2, 0.25) is 0 Å². The van der Waals surface area contributed by atoms with E-state index in [2.05, 4.69) is 20.3 Å². The number of anilines is 1. The van der Waals surface area contributed by atoms with Crippen LogP contribution in [0.25, 0.3) is 11.2 Å². The molecule has 1 aliphatic heterocycles. The van der Waals surface area contributed by atoms with E-state index in [4.69, 9.17) is 11.6 Å². The zero-order chi connectivity index (χ0) is 21.0. The molecule has 0 bridgehead atoms. The minimum absolute atomic E-state index is 0.000611. The maximum absolute atomic E-state index is 13.8. The fourth-order valence-corrected chi connectivity index (χ4v) is 3.44. The maximum atomic E-state index is 13.8. The number of benzene rings is 1. The number of halogens is 4. The average molecular weight is 425 g/mol. The van der Waals surface area contributed by atoms with E-state index in [1.807, 2.05) is 20.8 Å². The number of hydrogen-bond donors (Lipinski definition) is 0. The van der Waals surface area contributed by atoms with Gasteiger partial charge in [-0.1, -0.05) is 49.7 Å². The molecule has 3 heterocycles. The molecule has 0 atom stereocenters. The van der Waals surface area contributed by atoms with Crippen LogP contribution in [0.3, 0.4) is 0 Å². The molecule has 0 spiro atoms. The molecule has 1 aliphatic rings. The average Bonchev–Trinajstić information content (AvgIpc) is 3.20.